The number of carbonyl (C=O) groups excluding carboxylic acids is 1. The Bertz CT molecular complexity index is 991. The molecule has 27 heavy (non-hydrogen) atoms. The van der Waals surface area contributed by atoms with E-state index in [0.717, 1.165) is 35.4 Å². The Morgan fingerprint density at radius 2 is 2.04 bits per heavy atom. The monoisotopic (exact) mass is 388 g/mol. The lowest BCUT2D eigenvalue weighted by Gasteiger charge is -2.08. The number of methoxy groups -OCH3 is 2. The van der Waals surface area contributed by atoms with Gasteiger partial charge in [-0.05, 0) is 25.0 Å². The summed E-state index contributed by atoms with van der Waals surface area (Å²) in [5.74, 6) is 0.984. The number of fused-ring (bicyclic) bond motifs is 1. The summed E-state index contributed by atoms with van der Waals surface area (Å²) >= 11 is 1.35. The number of hydrogen-bond acceptors (Lipinski definition) is 7. The standard InChI is InChI=1S/C18H20N4O4S/c1-22-11-9-15(25-3)14(24-2)8-10(11)7-12(22)16(23)19-18-21-20-17(27-18)13-5-4-6-26-13/h7-9,13H,4-6H2,1-3H3,(H,19,21,23)/t13-/m1/s1. The van der Waals surface area contributed by atoms with Crippen LogP contribution in [-0.2, 0) is 11.8 Å². The van der Waals surface area contributed by atoms with E-state index in [2.05, 4.69) is 15.5 Å². The van der Waals surface area contributed by atoms with Gasteiger partial charge in [0.15, 0.2) is 11.5 Å². The van der Waals surface area contributed by atoms with E-state index in [0.29, 0.717) is 22.3 Å². The van der Waals surface area contributed by atoms with Gasteiger partial charge in [-0.25, -0.2) is 0 Å². The summed E-state index contributed by atoms with van der Waals surface area (Å²) in [7, 11) is 5.00. The molecule has 8 nitrogen and oxygen atoms in total. The van der Waals surface area contributed by atoms with Crippen LogP contribution in [0.3, 0.4) is 0 Å². The SMILES string of the molecule is COc1cc2cc(C(=O)Nc3nnc([C@H]4CCCO4)s3)n(C)c2cc1OC. The van der Waals surface area contributed by atoms with Crippen molar-refractivity contribution in [2.75, 3.05) is 26.1 Å². The number of aromatic nitrogens is 3. The predicted octanol–water partition coefficient (Wildman–Crippen LogP) is 3.15. The first-order valence-corrected chi connectivity index (χ1v) is 9.40. The van der Waals surface area contributed by atoms with Crippen molar-refractivity contribution in [2.24, 2.45) is 7.05 Å². The predicted molar refractivity (Wildman–Crippen MR) is 102 cm³/mol. The largest absolute Gasteiger partial charge is 0.493 e. The van der Waals surface area contributed by atoms with E-state index in [-0.39, 0.29) is 12.0 Å². The summed E-state index contributed by atoms with van der Waals surface area (Å²) in [6.07, 6.45) is 1.95. The molecule has 0 spiro atoms. The van der Waals surface area contributed by atoms with E-state index in [9.17, 15) is 4.79 Å². The molecule has 1 aliphatic rings. The molecule has 1 aromatic carbocycles. The van der Waals surface area contributed by atoms with Crippen molar-refractivity contribution in [3.63, 3.8) is 0 Å². The highest BCUT2D eigenvalue weighted by Gasteiger charge is 2.23. The van der Waals surface area contributed by atoms with Crippen molar-refractivity contribution in [2.45, 2.75) is 18.9 Å². The minimum atomic E-state index is -0.248. The molecule has 0 radical (unpaired) electrons. The average Bonchev–Trinajstić information content (AvgIpc) is 3.41. The van der Waals surface area contributed by atoms with Gasteiger partial charge in [-0.3, -0.25) is 10.1 Å². The zero-order chi connectivity index (χ0) is 19.0. The van der Waals surface area contributed by atoms with Crippen LogP contribution >= 0.6 is 11.3 Å². The van der Waals surface area contributed by atoms with E-state index in [1.807, 2.05) is 29.8 Å². The van der Waals surface area contributed by atoms with Crippen molar-refractivity contribution in [1.29, 1.82) is 0 Å². The maximum Gasteiger partial charge on any atom is 0.274 e. The molecule has 142 valence electrons. The van der Waals surface area contributed by atoms with Crippen LogP contribution in [0.15, 0.2) is 18.2 Å². The molecule has 9 heteroatoms. The lowest BCUT2D eigenvalue weighted by Crippen LogP contribution is -2.15. The fraction of sp³-hybridized carbons (Fsp3) is 0.389. The highest BCUT2D eigenvalue weighted by Crippen LogP contribution is 2.34. The lowest BCUT2D eigenvalue weighted by molar-refractivity contribution is 0.101. The first-order chi connectivity index (χ1) is 13.1. The quantitative estimate of drug-likeness (QED) is 0.722. The van der Waals surface area contributed by atoms with E-state index in [4.69, 9.17) is 14.2 Å². The van der Waals surface area contributed by atoms with Gasteiger partial charge in [0.1, 0.15) is 16.8 Å². The number of hydrogen-bond donors (Lipinski definition) is 1. The van der Waals surface area contributed by atoms with Gasteiger partial charge in [0.2, 0.25) is 5.13 Å². The van der Waals surface area contributed by atoms with Crippen LogP contribution in [0.2, 0.25) is 0 Å². The Morgan fingerprint density at radius 1 is 1.26 bits per heavy atom. The van der Waals surface area contributed by atoms with Crippen LogP contribution in [-0.4, -0.2) is 41.5 Å². The second-order valence-electron chi connectivity index (χ2n) is 6.26. The molecule has 3 aromatic rings. The minimum Gasteiger partial charge on any atom is -0.493 e. The molecule has 1 atom stereocenters. The van der Waals surface area contributed by atoms with Crippen molar-refractivity contribution >= 4 is 33.3 Å². The van der Waals surface area contributed by atoms with Gasteiger partial charge in [-0.1, -0.05) is 11.3 Å². The van der Waals surface area contributed by atoms with Gasteiger partial charge in [0, 0.05) is 25.1 Å². The average molecular weight is 388 g/mol. The van der Waals surface area contributed by atoms with Gasteiger partial charge in [-0.2, -0.15) is 0 Å². The Morgan fingerprint density at radius 3 is 2.74 bits per heavy atom. The van der Waals surface area contributed by atoms with Crippen molar-refractivity contribution < 1.29 is 19.0 Å². The highest BCUT2D eigenvalue weighted by atomic mass is 32.1. The number of amides is 1. The maximum atomic E-state index is 12.8. The van der Waals surface area contributed by atoms with E-state index in [1.165, 1.54) is 11.3 Å². The Balaban J connectivity index is 1.60. The molecule has 1 saturated heterocycles. The molecular weight excluding hydrogens is 368 g/mol. The first kappa shape index (κ1) is 17.7. The molecule has 0 unspecified atom stereocenters. The summed E-state index contributed by atoms with van der Waals surface area (Å²) in [6, 6.07) is 5.52. The number of benzene rings is 1. The summed E-state index contributed by atoms with van der Waals surface area (Å²) in [4.78, 5) is 12.8. The first-order valence-electron chi connectivity index (χ1n) is 8.58. The van der Waals surface area contributed by atoms with E-state index in [1.54, 1.807) is 14.2 Å². The number of carbonyl (C=O) groups is 1. The molecule has 3 heterocycles. The molecular formula is C18H20N4O4S. The Labute approximate surface area is 160 Å². The third-order valence-corrected chi connectivity index (χ3v) is 5.58. The summed E-state index contributed by atoms with van der Waals surface area (Å²) in [5, 5.41) is 13.2. The molecule has 1 amide bonds. The number of ether oxygens (including phenoxy) is 3. The normalized spacial score (nSPS) is 16.6. The van der Waals surface area contributed by atoms with Crippen LogP contribution in [0.25, 0.3) is 10.9 Å². The minimum absolute atomic E-state index is 0.00861. The third-order valence-electron chi connectivity index (χ3n) is 4.65. The smallest absolute Gasteiger partial charge is 0.274 e. The van der Waals surface area contributed by atoms with Gasteiger partial charge in [0.25, 0.3) is 5.91 Å². The molecule has 0 bridgehead atoms. The number of nitrogens with zero attached hydrogens (tertiary/aromatic N) is 3. The van der Waals surface area contributed by atoms with E-state index < -0.39 is 0 Å². The van der Waals surface area contributed by atoms with Crippen molar-refractivity contribution in [1.82, 2.24) is 14.8 Å². The fourth-order valence-corrected chi connectivity index (χ4v) is 4.05. The van der Waals surface area contributed by atoms with Crippen LogP contribution in [0.5, 0.6) is 11.5 Å². The second-order valence-corrected chi connectivity index (χ2v) is 7.26. The van der Waals surface area contributed by atoms with Crippen molar-refractivity contribution in [3.05, 3.63) is 28.9 Å². The van der Waals surface area contributed by atoms with Gasteiger partial charge in [-0.15, -0.1) is 10.2 Å². The van der Waals surface area contributed by atoms with Gasteiger partial charge >= 0.3 is 0 Å². The molecule has 1 fully saturated rings. The Kier molecular flexibility index (Phi) is 4.71. The molecule has 0 saturated carbocycles. The lowest BCUT2D eigenvalue weighted by atomic mass is 10.2. The third kappa shape index (κ3) is 3.24. The molecule has 0 aliphatic carbocycles. The number of aryl methyl sites for hydroxylation is 1. The molecule has 4 rings (SSSR count). The number of rotatable bonds is 5. The van der Waals surface area contributed by atoms with Crippen LogP contribution in [0.1, 0.15) is 34.4 Å². The molecule has 2 aromatic heterocycles. The molecule has 1 N–H and O–H groups in total. The maximum absolute atomic E-state index is 12.8. The summed E-state index contributed by atoms with van der Waals surface area (Å²) < 4.78 is 18.1. The zero-order valence-corrected chi connectivity index (χ0v) is 16.1. The van der Waals surface area contributed by atoms with E-state index >= 15 is 0 Å². The van der Waals surface area contributed by atoms with Gasteiger partial charge < -0.3 is 18.8 Å². The Hall–Kier alpha value is -2.65. The number of nitrogens with one attached hydrogen (secondary N) is 1. The molecule has 1 aliphatic heterocycles. The van der Waals surface area contributed by atoms with Crippen LogP contribution < -0.4 is 14.8 Å². The van der Waals surface area contributed by atoms with Gasteiger partial charge in [0.05, 0.1) is 19.7 Å². The second kappa shape index (κ2) is 7.16. The van der Waals surface area contributed by atoms with Crippen molar-refractivity contribution in [3.8, 4) is 11.5 Å². The highest BCUT2D eigenvalue weighted by molar-refractivity contribution is 7.15. The number of anilines is 1. The van der Waals surface area contributed by atoms with Crippen LogP contribution in [0, 0.1) is 0 Å². The zero-order valence-electron chi connectivity index (χ0n) is 15.3. The topological polar surface area (TPSA) is 87.5 Å². The van der Waals surface area contributed by atoms with Crippen LogP contribution in [0.4, 0.5) is 5.13 Å². The fourth-order valence-electron chi connectivity index (χ4n) is 3.23. The summed E-state index contributed by atoms with van der Waals surface area (Å²) in [5.41, 5.74) is 1.38. The summed E-state index contributed by atoms with van der Waals surface area (Å²) in [6.45, 7) is 0.745.